The lowest BCUT2D eigenvalue weighted by Gasteiger charge is -2.28. The normalized spacial score (nSPS) is 14.3. The Morgan fingerprint density at radius 1 is 0.920 bits per heavy atom. The Bertz CT molecular complexity index is 651. The van der Waals surface area contributed by atoms with Crippen molar-refractivity contribution in [3.63, 3.8) is 0 Å². The first-order valence-corrected chi connectivity index (χ1v) is 10.2. The number of nitrogens with zero attached hydrogens (tertiary/aromatic N) is 1. The highest BCUT2D eigenvalue weighted by molar-refractivity contribution is 7.99. The third kappa shape index (κ3) is 5.82. The first-order valence-electron chi connectivity index (χ1n) is 9.03. The summed E-state index contributed by atoms with van der Waals surface area (Å²) in [5.74, 6) is 1.47. The molecule has 1 fully saturated rings. The number of rotatable bonds is 7. The Morgan fingerprint density at radius 3 is 2.36 bits per heavy atom. The van der Waals surface area contributed by atoms with E-state index in [1.807, 2.05) is 18.2 Å². The quantitative estimate of drug-likeness (QED) is 0.808. The van der Waals surface area contributed by atoms with Gasteiger partial charge in [-0.15, -0.1) is 11.8 Å². The van der Waals surface area contributed by atoms with Crippen LogP contribution in [0.5, 0.6) is 0 Å². The number of carbonyl (C=O) groups is 1. The summed E-state index contributed by atoms with van der Waals surface area (Å²) in [6.07, 6.45) is 3.93. The number of anilines is 1. The number of carbonyl (C=O) groups excluding carboxylic acids is 1. The van der Waals surface area contributed by atoms with Gasteiger partial charge in [-0.2, -0.15) is 0 Å². The number of piperidine rings is 1. The van der Waals surface area contributed by atoms with Gasteiger partial charge < -0.3 is 10.2 Å². The number of nitrogens with one attached hydrogen (secondary N) is 1. The van der Waals surface area contributed by atoms with Gasteiger partial charge in [-0.25, -0.2) is 0 Å². The van der Waals surface area contributed by atoms with Crippen LogP contribution in [0.4, 0.5) is 5.69 Å². The van der Waals surface area contributed by atoms with E-state index in [-0.39, 0.29) is 5.91 Å². The highest BCUT2D eigenvalue weighted by atomic mass is 32.2. The van der Waals surface area contributed by atoms with Crippen molar-refractivity contribution in [3.8, 4) is 0 Å². The molecule has 0 aliphatic carbocycles. The molecule has 1 saturated heterocycles. The zero-order chi connectivity index (χ0) is 17.3. The van der Waals surface area contributed by atoms with Gasteiger partial charge in [0.25, 0.3) is 0 Å². The van der Waals surface area contributed by atoms with Crippen LogP contribution in [-0.4, -0.2) is 24.7 Å². The average Bonchev–Trinajstić information content (AvgIpc) is 2.68. The molecular formula is C21H26N2OS. The van der Waals surface area contributed by atoms with Crippen molar-refractivity contribution < 1.29 is 4.79 Å². The molecule has 0 radical (unpaired) electrons. The molecule has 3 nitrogen and oxygen atoms in total. The molecule has 0 aromatic heterocycles. The molecule has 4 heteroatoms. The van der Waals surface area contributed by atoms with Crippen molar-refractivity contribution >= 4 is 23.4 Å². The fourth-order valence-electron chi connectivity index (χ4n) is 3.06. The van der Waals surface area contributed by atoms with Crippen LogP contribution in [0.15, 0.2) is 54.6 Å². The molecule has 0 bridgehead atoms. The van der Waals surface area contributed by atoms with E-state index in [0.717, 1.165) is 24.4 Å². The zero-order valence-electron chi connectivity index (χ0n) is 14.6. The van der Waals surface area contributed by atoms with Crippen LogP contribution in [-0.2, 0) is 17.1 Å². The minimum Gasteiger partial charge on any atom is -0.372 e. The first kappa shape index (κ1) is 17.9. The number of thioether (sulfide) groups is 1. The molecule has 1 N–H and O–H groups in total. The molecule has 0 spiro atoms. The molecule has 132 valence electrons. The van der Waals surface area contributed by atoms with Crippen molar-refractivity contribution in [2.45, 2.75) is 31.6 Å². The van der Waals surface area contributed by atoms with Gasteiger partial charge in [0.1, 0.15) is 0 Å². The summed E-state index contributed by atoms with van der Waals surface area (Å²) in [6, 6.07) is 18.9. The monoisotopic (exact) mass is 354 g/mol. The van der Waals surface area contributed by atoms with Crippen LogP contribution in [0.1, 0.15) is 30.4 Å². The standard InChI is InChI=1S/C21H26N2OS/c24-21(17-25-16-19-7-3-1-4-8-19)22-15-18-9-11-20(12-10-18)23-13-5-2-6-14-23/h1,3-4,7-12H,2,5-6,13-17H2,(H,22,24). The third-order valence-electron chi connectivity index (χ3n) is 4.49. The molecule has 0 unspecified atom stereocenters. The van der Waals surface area contributed by atoms with E-state index in [4.69, 9.17) is 0 Å². The lowest BCUT2D eigenvalue weighted by molar-refractivity contribution is -0.118. The molecule has 25 heavy (non-hydrogen) atoms. The first-order chi connectivity index (χ1) is 12.3. The van der Waals surface area contributed by atoms with E-state index in [1.54, 1.807) is 11.8 Å². The SMILES string of the molecule is O=C(CSCc1ccccc1)NCc1ccc(N2CCCCC2)cc1. The molecule has 0 atom stereocenters. The lowest BCUT2D eigenvalue weighted by atomic mass is 10.1. The molecule has 2 aromatic carbocycles. The second-order valence-corrected chi connectivity index (χ2v) is 7.45. The molecule has 0 saturated carbocycles. The predicted molar refractivity (Wildman–Crippen MR) is 107 cm³/mol. The Hall–Kier alpha value is -1.94. The summed E-state index contributed by atoms with van der Waals surface area (Å²) < 4.78 is 0. The van der Waals surface area contributed by atoms with Gasteiger partial charge in [-0.05, 0) is 42.5 Å². The van der Waals surface area contributed by atoms with Crippen LogP contribution in [0, 0.1) is 0 Å². The van der Waals surface area contributed by atoms with Gasteiger partial charge in [0.05, 0.1) is 5.75 Å². The molecular weight excluding hydrogens is 328 g/mol. The molecule has 1 aliphatic rings. The van der Waals surface area contributed by atoms with Gasteiger partial charge in [-0.1, -0.05) is 42.5 Å². The second kappa shape index (κ2) is 9.52. The Kier molecular flexibility index (Phi) is 6.80. The number of hydrogen-bond donors (Lipinski definition) is 1. The highest BCUT2D eigenvalue weighted by Crippen LogP contribution is 2.20. The van der Waals surface area contributed by atoms with Crippen molar-refractivity contribution in [1.29, 1.82) is 0 Å². The van der Waals surface area contributed by atoms with E-state index >= 15 is 0 Å². The van der Waals surface area contributed by atoms with E-state index in [1.165, 1.54) is 30.5 Å². The molecule has 1 heterocycles. The fraction of sp³-hybridized carbons (Fsp3) is 0.381. The minimum absolute atomic E-state index is 0.0982. The lowest BCUT2D eigenvalue weighted by Crippen LogP contribution is -2.29. The fourth-order valence-corrected chi connectivity index (χ4v) is 3.88. The van der Waals surface area contributed by atoms with Crippen LogP contribution < -0.4 is 10.2 Å². The number of amides is 1. The highest BCUT2D eigenvalue weighted by Gasteiger charge is 2.10. The van der Waals surface area contributed by atoms with Gasteiger partial charge in [0.2, 0.25) is 5.91 Å². The largest absolute Gasteiger partial charge is 0.372 e. The topological polar surface area (TPSA) is 32.3 Å². The average molecular weight is 355 g/mol. The summed E-state index contributed by atoms with van der Waals surface area (Å²) in [5.41, 5.74) is 3.71. The summed E-state index contributed by atoms with van der Waals surface area (Å²) in [4.78, 5) is 14.4. The minimum atomic E-state index is 0.0982. The van der Waals surface area contributed by atoms with E-state index in [2.05, 4.69) is 46.6 Å². The number of hydrogen-bond acceptors (Lipinski definition) is 3. The van der Waals surface area contributed by atoms with E-state index in [9.17, 15) is 4.79 Å². The summed E-state index contributed by atoms with van der Waals surface area (Å²) in [7, 11) is 0. The Labute approximate surface area is 154 Å². The Balaban J connectivity index is 1.38. The second-order valence-electron chi connectivity index (χ2n) is 6.47. The molecule has 3 rings (SSSR count). The smallest absolute Gasteiger partial charge is 0.230 e. The van der Waals surface area contributed by atoms with Gasteiger partial charge >= 0.3 is 0 Å². The van der Waals surface area contributed by atoms with Crippen molar-refractivity contribution in [3.05, 3.63) is 65.7 Å². The summed E-state index contributed by atoms with van der Waals surface area (Å²) in [6.45, 7) is 2.93. The maximum Gasteiger partial charge on any atom is 0.230 e. The third-order valence-corrected chi connectivity index (χ3v) is 5.50. The Morgan fingerprint density at radius 2 is 1.64 bits per heavy atom. The molecule has 1 aliphatic heterocycles. The maximum absolute atomic E-state index is 12.0. The zero-order valence-corrected chi connectivity index (χ0v) is 15.4. The van der Waals surface area contributed by atoms with Crippen LogP contribution >= 0.6 is 11.8 Å². The summed E-state index contributed by atoms with van der Waals surface area (Å²) in [5, 5.41) is 3.01. The van der Waals surface area contributed by atoms with Crippen molar-refractivity contribution in [2.75, 3.05) is 23.7 Å². The predicted octanol–water partition coefficient (Wildman–Crippen LogP) is 4.23. The van der Waals surface area contributed by atoms with Crippen molar-refractivity contribution in [1.82, 2.24) is 5.32 Å². The van der Waals surface area contributed by atoms with Crippen LogP contribution in [0.3, 0.4) is 0 Å². The van der Waals surface area contributed by atoms with Gasteiger partial charge in [-0.3, -0.25) is 4.79 Å². The van der Waals surface area contributed by atoms with Gasteiger partial charge in [0.15, 0.2) is 0 Å². The molecule has 1 amide bonds. The van der Waals surface area contributed by atoms with Crippen molar-refractivity contribution in [2.24, 2.45) is 0 Å². The van der Waals surface area contributed by atoms with E-state index < -0.39 is 0 Å². The van der Waals surface area contributed by atoms with Crippen LogP contribution in [0.25, 0.3) is 0 Å². The number of benzene rings is 2. The molecule has 2 aromatic rings. The van der Waals surface area contributed by atoms with Crippen LogP contribution in [0.2, 0.25) is 0 Å². The van der Waals surface area contributed by atoms with E-state index in [0.29, 0.717) is 12.3 Å². The van der Waals surface area contributed by atoms with Gasteiger partial charge in [0, 0.05) is 31.1 Å². The summed E-state index contributed by atoms with van der Waals surface area (Å²) >= 11 is 1.65. The maximum atomic E-state index is 12.0.